The van der Waals surface area contributed by atoms with Crippen molar-refractivity contribution in [1.29, 1.82) is 0 Å². The summed E-state index contributed by atoms with van der Waals surface area (Å²) in [6, 6.07) is 14.8. The molecule has 0 atom stereocenters. The summed E-state index contributed by atoms with van der Waals surface area (Å²) in [6.45, 7) is 3.00. The highest BCUT2D eigenvalue weighted by Gasteiger charge is 2.28. The molecule has 132 valence electrons. The molecule has 1 amide bonds. The Kier molecular flexibility index (Phi) is 4.81. The standard InChI is InChI=1S/C19H22N2O3S/c1-15-7-3-4-8-17(15)14-20(2)19(22)16-9-5-10-18(13-16)21-11-6-12-25(21,23)24/h3-5,7-10,13H,6,11-12,14H2,1-2H3. The van der Waals surface area contributed by atoms with E-state index in [9.17, 15) is 13.2 Å². The Hall–Kier alpha value is -2.34. The minimum atomic E-state index is -3.25. The van der Waals surface area contributed by atoms with E-state index in [-0.39, 0.29) is 11.7 Å². The van der Waals surface area contributed by atoms with Gasteiger partial charge < -0.3 is 4.90 Å². The molecule has 2 aromatic carbocycles. The van der Waals surface area contributed by atoms with Gasteiger partial charge in [-0.1, -0.05) is 30.3 Å². The smallest absolute Gasteiger partial charge is 0.253 e. The second kappa shape index (κ2) is 6.88. The molecule has 1 saturated heterocycles. The van der Waals surface area contributed by atoms with Gasteiger partial charge in [0.2, 0.25) is 10.0 Å². The number of amides is 1. The van der Waals surface area contributed by atoms with Crippen molar-refractivity contribution >= 4 is 21.6 Å². The summed E-state index contributed by atoms with van der Waals surface area (Å²) >= 11 is 0. The van der Waals surface area contributed by atoms with E-state index in [1.807, 2.05) is 31.2 Å². The molecule has 1 heterocycles. The van der Waals surface area contributed by atoms with Crippen LogP contribution in [0.25, 0.3) is 0 Å². The lowest BCUT2D eigenvalue weighted by molar-refractivity contribution is 0.0785. The molecule has 2 aromatic rings. The third-order valence-electron chi connectivity index (χ3n) is 4.50. The molecule has 6 heteroatoms. The van der Waals surface area contributed by atoms with Gasteiger partial charge in [-0.15, -0.1) is 0 Å². The number of carbonyl (C=O) groups is 1. The van der Waals surface area contributed by atoms with Crippen LogP contribution in [-0.2, 0) is 16.6 Å². The van der Waals surface area contributed by atoms with Crippen molar-refractivity contribution < 1.29 is 13.2 Å². The maximum absolute atomic E-state index is 12.7. The predicted molar refractivity (Wildman–Crippen MR) is 99.2 cm³/mol. The molecule has 3 rings (SSSR count). The van der Waals surface area contributed by atoms with Crippen LogP contribution >= 0.6 is 0 Å². The highest BCUT2D eigenvalue weighted by molar-refractivity contribution is 7.93. The highest BCUT2D eigenvalue weighted by Crippen LogP contribution is 2.25. The molecule has 5 nitrogen and oxygen atoms in total. The Labute approximate surface area is 148 Å². The summed E-state index contributed by atoms with van der Waals surface area (Å²) in [7, 11) is -1.49. The molecule has 0 aliphatic carbocycles. The average Bonchev–Trinajstić information content (AvgIpc) is 2.95. The van der Waals surface area contributed by atoms with Gasteiger partial charge in [-0.25, -0.2) is 8.42 Å². The molecular formula is C19H22N2O3S. The Morgan fingerprint density at radius 2 is 1.92 bits per heavy atom. The summed E-state index contributed by atoms with van der Waals surface area (Å²) in [6.07, 6.45) is 0.619. The highest BCUT2D eigenvalue weighted by atomic mass is 32.2. The zero-order chi connectivity index (χ0) is 18.0. The number of rotatable bonds is 4. The maximum atomic E-state index is 12.7. The van der Waals surface area contributed by atoms with E-state index in [0.717, 1.165) is 11.1 Å². The van der Waals surface area contributed by atoms with E-state index in [4.69, 9.17) is 0 Å². The third-order valence-corrected chi connectivity index (χ3v) is 6.37. The van der Waals surface area contributed by atoms with Crippen LogP contribution in [0.2, 0.25) is 0 Å². The van der Waals surface area contributed by atoms with Crippen LogP contribution in [-0.4, -0.2) is 38.6 Å². The van der Waals surface area contributed by atoms with Crippen molar-refractivity contribution in [3.05, 3.63) is 65.2 Å². The largest absolute Gasteiger partial charge is 0.337 e. The normalized spacial score (nSPS) is 16.0. The zero-order valence-corrected chi connectivity index (χ0v) is 15.3. The molecule has 0 saturated carbocycles. The predicted octanol–water partition coefficient (Wildman–Crippen LogP) is 2.81. The maximum Gasteiger partial charge on any atom is 0.253 e. The van der Waals surface area contributed by atoms with Gasteiger partial charge in [0.1, 0.15) is 0 Å². The van der Waals surface area contributed by atoms with Gasteiger partial charge in [0, 0.05) is 25.7 Å². The van der Waals surface area contributed by atoms with Crippen molar-refractivity contribution in [2.24, 2.45) is 0 Å². The van der Waals surface area contributed by atoms with Crippen LogP contribution in [0.15, 0.2) is 48.5 Å². The van der Waals surface area contributed by atoms with Gasteiger partial charge >= 0.3 is 0 Å². The molecule has 25 heavy (non-hydrogen) atoms. The number of anilines is 1. The Bertz CT molecular complexity index is 893. The SMILES string of the molecule is Cc1ccccc1CN(C)C(=O)c1cccc(N2CCCS2(=O)=O)c1. The molecule has 0 N–H and O–H groups in total. The molecule has 1 aliphatic rings. The first-order valence-corrected chi connectivity index (χ1v) is 9.90. The van der Waals surface area contributed by atoms with Gasteiger partial charge in [-0.2, -0.15) is 0 Å². The fourth-order valence-electron chi connectivity index (χ4n) is 3.06. The molecule has 0 radical (unpaired) electrons. The number of aryl methyl sites for hydroxylation is 1. The molecular weight excluding hydrogens is 336 g/mol. The lowest BCUT2D eigenvalue weighted by Gasteiger charge is -2.21. The number of hydrogen-bond donors (Lipinski definition) is 0. The Morgan fingerprint density at radius 1 is 1.16 bits per heavy atom. The summed E-state index contributed by atoms with van der Waals surface area (Å²) in [5, 5.41) is 0. The fraction of sp³-hybridized carbons (Fsp3) is 0.316. The average molecular weight is 358 g/mol. The van der Waals surface area contributed by atoms with Gasteiger partial charge in [-0.05, 0) is 42.7 Å². The monoisotopic (exact) mass is 358 g/mol. The molecule has 0 aromatic heterocycles. The van der Waals surface area contributed by atoms with Gasteiger partial charge in [-0.3, -0.25) is 9.10 Å². The van der Waals surface area contributed by atoms with Crippen molar-refractivity contribution in [3.63, 3.8) is 0 Å². The summed E-state index contributed by atoms with van der Waals surface area (Å²) in [5.74, 6) is 0.0416. The van der Waals surface area contributed by atoms with Crippen LogP contribution < -0.4 is 4.31 Å². The Morgan fingerprint density at radius 3 is 2.60 bits per heavy atom. The lowest BCUT2D eigenvalue weighted by atomic mass is 10.1. The van der Waals surface area contributed by atoms with Crippen LogP contribution in [0, 0.1) is 6.92 Å². The van der Waals surface area contributed by atoms with Crippen molar-refractivity contribution in [3.8, 4) is 0 Å². The van der Waals surface area contributed by atoms with Crippen LogP contribution in [0.1, 0.15) is 27.9 Å². The van der Waals surface area contributed by atoms with Gasteiger partial charge in [0.05, 0.1) is 11.4 Å². The van der Waals surface area contributed by atoms with E-state index in [1.165, 1.54) is 4.31 Å². The molecule has 0 spiro atoms. The molecule has 1 aliphatic heterocycles. The second-order valence-electron chi connectivity index (χ2n) is 6.38. The molecule has 0 bridgehead atoms. The van der Waals surface area contributed by atoms with E-state index in [0.29, 0.717) is 30.8 Å². The van der Waals surface area contributed by atoms with Crippen LogP contribution in [0.3, 0.4) is 0 Å². The van der Waals surface area contributed by atoms with Gasteiger partial charge in [0.25, 0.3) is 5.91 Å². The molecule has 1 fully saturated rings. The number of benzene rings is 2. The van der Waals surface area contributed by atoms with E-state index >= 15 is 0 Å². The minimum absolute atomic E-state index is 0.123. The van der Waals surface area contributed by atoms with E-state index in [1.54, 1.807) is 36.2 Å². The quantitative estimate of drug-likeness (QED) is 0.844. The first kappa shape index (κ1) is 17.5. The third kappa shape index (κ3) is 3.69. The topological polar surface area (TPSA) is 57.7 Å². The summed E-state index contributed by atoms with van der Waals surface area (Å²) in [4.78, 5) is 14.4. The first-order chi connectivity index (χ1) is 11.9. The number of carbonyl (C=O) groups excluding carboxylic acids is 1. The molecule has 0 unspecified atom stereocenters. The van der Waals surface area contributed by atoms with Crippen LogP contribution in [0.4, 0.5) is 5.69 Å². The Balaban J connectivity index is 1.81. The van der Waals surface area contributed by atoms with Crippen molar-refractivity contribution in [2.45, 2.75) is 19.9 Å². The minimum Gasteiger partial charge on any atom is -0.337 e. The number of hydrogen-bond acceptors (Lipinski definition) is 3. The zero-order valence-electron chi connectivity index (χ0n) is 14.5. The second-order valence-corrected chi connectivity index (χ2v) is 8.39. The number of nitrogens with zero attached hydrogens (tertiary/aromatic N) is 2. The van der Waals surface area contributed by atoms with Crippen molar-refractivity contribution in [1.82, 2.24) is 4.90 Å². The fourth-order valence-corrected chi connectivity index (χ4v) is 4.62. The summed E-state index contributed by atoms with van der Waals surface area (Å²) in [5.41, 5.74) is 3.29. The van der Waals surface area contributed by atoms with Gasteiger partial charge in [0.15, 0.2) is 0 Å². The first-order valence-electron chi connectivity index (χ1n) is 8.29. The van der Waals surface area contributed by atoms with Crippen molar-refractivity contribution in [2.75, 3.05) is 23.7 Å². The van der Waals surface area contributed by atoms with Crippen LogP contribution in [0.5, 0.6) is 0 Å². The number of sulfonamides is 1. The van der Waals surface area contributed by atoms with E-state index < -0.39 is 10.0 Å². The summed E-state index contributed by atoms with van der Waals surface area (Å²) < 4.78 is 25.6. The lowest BCUT2D eigenvalue weighted by Crippen LogP contribution is -2.28. The van der Waals surface area contributed by atoms with E-state index in [2.05, 4.69) is 0 Å².